The fourth-order valence-electron chi connectivity index (χ4n) is 2.19. The van der Waals surface area contributed by atoms with Crippen LogP contribution in [0.4, 0.5) is 5.69 Å². The van der Waals surface area contributed by atoms with Crippen LogP contribution in [0.3, 0.4) is 0 Å². The lowest BCUT2D eigenvalue weighted by atomic mass is 10.0. The molecule has 0 saturated heterocycles. The molecule has 1 heterocycles. The molecule has 0 fully saturated rings. The van der Waals surface area contributed by atoms with Crippen LogP contribution in [0.2, 0.25) is 0 Å². The van der Waals surface area contributed by atoms with Crippen molar-refractivity contribution in [2.45, 2.75) is 39.2 Å². The highest BCUT2D eigenvalue weighted by molar-refractivity contribution is 6.04. The van der Waals surface area contributed by atoms with Gasteiger partial charge >= 0.3 is 0 Å². The van der Waals surface area contributed by atoms with Crippen LogP contribution in [0, 0.1) is 0 Å². The van der Waals surface area contributed by atoms with Crippen molar-refractivity contribution in [2.24, 2.45) is 0 Å². The van der Waals surface area contributed by atoms with Crippen LogP contribution >= 0.6 is 0 Å². The molecule has 2 rings (SSSR count). The summed E-state index contributed by atoms with van der Waals surface area (Å²) in [5.74, 6) is -0.352. The van der Waals surface area contributed by atoms with Crippen LogP contribution in [0.25, 0.3) is 0 Å². The number of anilines is 1. The highest BCUT2D eigenvalue weighted by Gasteiger charge is 2.31. The lowest BCUT2D eigenvalue weighted by molar-refractivity contribution is -0.124. The maximum absolute atomic E-state index is 11.8. The summed E-state index contributed by atoms with van der Waals surface area (Å²) in [6.45, 7) is 3.57. The van der Waals surface area contributed by atoms with Crippen molar-refractivity contribution in [3.63, 3.8) is 0 Å². The minimum Gasteiger partial charge on any atom is -0.341 e. The number of carbonyl (C=O) groups excluding carboxylic acids is 2. The molecule has 0 aliphatic carbocycles. The summed E-state index contributed by atoms with van der Waals surface area (Å²) >= 11 is 0. The summed E-state index contributed by atoms with van der Waals surface area (Å²) in [5.41, 5.74) is 2.89. The number of aryl methyl sites for hydroxylation is 1. The highest BCUT2D eigenvalue weighted by atomic mass is 16.2. The number of fused-ring (bicyclic) bond motifs is 1. The average Bonchev–Trinajstić information content (AvgIpc) is 2.63. The van der Waals surface area contributed by atoms with Gasteiger partial charge in [0, 0.05) is 18.2 Å². The number of carbonyl (C=O) groups is 2. The Morgan fingerprint density at radius 1 is 1.44 bits per heavy atom. The first kappa shape index (κ1) is 12.6. The van der Waals surface area contributed by atoms with Gasteiger partial charge in [-0.05, 0) is 24.5 Å². The van der Waals surface area contributed by atoms with Gasteiger partial charge in [-0.1, -0.05) is 25.5 Å². The molecular formula is C14H18N2O2. The molecule has 0 saturated carbocycles. The smallest absolute Gasteiger partial charge is 0.251 e. The molecule has 0 radical (unpaired) electrons. The molecule has 1 aliphatic heterocycles. The van der Waals surface area contributed by atoms with E-state index in [1.807, 2.05) is 18.2 Å². The fraction of sp³-hybridized carbons (Fsp3) is 0.429. The number of rotatable bonds is 4. The first-order valence-electron chi connectivity index (χ1n) is 6.32. The van der Waals surface area contributed by atoms with Crippen LogP contribution < -0.4 is 10.6 Å². The molecule has 2 N–H and O–H groups in total. The molecule has 0 unspecified atom stereocenters. The first-order chi connectivity index (χ1) is 8.61. The van der Waals surface area contributed by atoms with Gasteiger partial charge in [-0.15, -0.1) is 0 Å². The van der Waals surface area contributed by atoms with E-state index in [4.69, 9.17) is 0 Å². The third kappa shape index (κ3) is 2.53. The topological polar surface area (TPSA) is 58.2 Å². The minimum atomic E-state index is -0.543. The maximum atomic E-state index is 11.8. The fourth-order valence-corrected chi connectivity index (χ4v) is 2.19. The van der Waals surface area contributed by atoms with Gasteiger partial charge in [-0.2, -0.15) is 0 Å². The van der Waals surface area contributed by atoms with Gasteiger partial charge < -0.3 is 10.6 Å². The lowest BCUT2D eigenvalue weighted by Gasteiger charge is -2.10. The lowest BCUT2D eigenvalue weighted by Crippen LogP contribution is -2.31. The predicted octanol–water partition coefficient (Wildman–Crippen LogP) is 2.16. The summed E-state index contributed by atoms with van der Waals surface area (Å²) in [6, 6.07) is 5.42. The van der Waals surface area contributed by atoms with E-state index in [1.54, 1.807) is 0 Å². The Labute approximate surface area is 107 Å². The average molecular weight is 246 g/mol. The van der Waals surface area contributed by atoms with E-state index in [0.29, 0.717) is 0 Å². The monoisotopic (exact) mass is 246 g/mol. The van der Waals surface area contributed by atoms with E-state index in [2.05, 4.69) is 17.6 Å². The van der Waals surface area contributed by atoms with Gasteiger partial charge in [-0.25, -0.2) is 0 Å². The summed E-state index contributed by atoms with van der Waals surface area (Å²) in [7, 11) is 0. The van der Waals surface area contributed by atoms with E-state index >= 15 is 0 Å². The Balaban J connectivity index is 2.24. The van der Waals surface area contributed by atoms with Crippen molar-refractivity contribution in [1.82, 2.24) is 5.32 Å². The Hall–Kier alpha value is -1.84. The second kappa shape index (κ2) is 5.21. The van der Waals surface area contributed by atoms with E-state index in [0.717, 1.165) is 30.5 Å². The zero-order valence-electron chi connectivity index (χ0n) is 10.7. The van der Waals surface area contributed by atoms with Crippen molar-refractivity contribution >= 4 is 17.5 Å². The Bertz CT molecular complexity index is 483. The van der Waals surface area contributed by atoms with E-state index in [-0.39, 0.29) is 11.8 Å². The number of unbranched alkanes of at least 4 members (excludes halogenated alkanes) is 1. The van der Waals surface area contributed by atoms with E-state index < -0.39 is 6.04 Å². The molecular weight excluding hydrogens is 228 g/mol. The summed E-state index contributed by atoms with van der Waals surface area (Å²) in [5, 5.41) is 5.46. The number of hydrogen-bond donors (Lipinski definition) is 2. The Kier molecular flexibility index (Phi) is 3.65. The van der Waals surface area contributed by atoms with E-state index in [1.165, 1.54) is 12.5 Å². The highest BCUT2D eigenvalue weighted by Crippen LogP contribution is 2.31. The van der Waals surface area contributed by atoms with Crippen LogP contribution in [0.5, 0.6) is 0 Å². The molecule has 1 atom stereocenters. The van der Waals surface area contributed by atoms with Crippen LogP contribution in [0.15, 0.2) is 18.2 Å². The van der Waals surface area contributed by atoms with Gasteiger partial charge in [0.15, 0.2) is 0 Å². The largest absolute Gasteiger partial charge is 0.341 e. The third-order valence-electron chi connectivity index (χ3n) is 3.11. The van der Waals surface area contributed by atoms with Crippen molar-refractivity contribution in [2.75, 3.05) is 5.32 Å². The second-order valence-corrected chi connectivity index (χ2v) is 4.65. The quantitative estimate of drug-likeness (QED) is 0.855. The Morgan fingerprint density at radius 3 is 2.89 bits per heavy atom. The molecule has 96 valence electrons. The molecule has 4 heteroatoms. The van der Waals surface area contributed by atoms with Crippen LogP contribution in [-0.2, 0) is 16.0 Å². The third-order valence-corrected chi connectivity index (χ3v) is 3.11. The second-order valence-electron chi connectivity index (χ2n) is 4.65. The normalized spacial score (nSPS) is 17.2. The van der Waals surface area contributed by atoms with Crippen molar-refractivity contribution < 1.29 is 9.59 Å². The van der Waals surface area contributed by atoms with Crippen LogP contribution in [0.1, 0.15) is 43.9 Å². The van der Waals surface area contributed by atoms with Crippen molar-refractivity contribution in [1.29, 1.82) is 0 Å². The van der Waals surface area contributed by atoms with Crippen molar-refractivity contribution in [3.8, 4) is 0 Å². The molecule has 18 heavy (non-hydrogen) atoms. The molecule has 0 bridgehead atoms. The van der Waals surface area contributed by atoms with Crippen molar-refractivity contribution in [3.05, 3.63) is 29.3 Å². The zero-order valence-corrected chi connectivity index (χ0v) is 10.7. The number of amides is 2. The number of hydrogen-bond acceptors (Lipinski definition) is 2. The SMILES string of the molecule is CCCCc1ccc2c(c1)[C@@H](NC(C)=O)C(=O)N2. The maximum Gasteiger partial charge on any atom is 0.251 e. The zero-order chi connectivity index (χ0) is 13.1. The number of nitrogens with one attached hydrogen (secondary N) is 2. The molecule has 1 aromatic carbocycles. The van der Waals surface area contributed by atoms with Gasteiger partial charge in [0.05, 0.1) is 0 Å². The summed E-state index contributed by atoms with van der Waals surface area (Å²) in [6.07, 6.45) is 3.28. The van der Waals surface area contributed by atoms with Gasteiger partial charge in [0.1, 0.15) is 6.04 Å². The van der Waals surface area contributed by atoms with E-state index in [9.17, 15) is 9.59 Å². The number of benzene rings is 1. The Morgan fingerprint density at radius 2 is 2.22 bits per heavy atom. The van der Waals surface area contributed by atoms with Gasteiger partial charge in [0.2, 0.25) is 5.91 Å². The van der Waals surface area contributed by atoms with Gasteiger partial charge in [0.25, 0.3) is 5.91 Å². The molecule has 0 spiro atoms. The molecule has 4 nitrogen and oxygen atoms in total. The standard InChI is InChI=1S/C14H18N2O2/c1-3-4-5-10-6-7-12-11(8-10)13(14(18)16-12)15-9(2)17/h6-8,13H,3-5H2,1-2H3,(H,15,17)(H,16,18)/t13-/m1/s1. The summed E-state index contributed by atoms with van der Waals surface area (Å²) in [4.78, 5) is 22.9. The minimum absolute atomic E-state index is 0.159. The summed E-state index contributed by atoms with van der Waals surface area (Å²) < 4.78 is 0. The first-order valence-corrected chi connectivity index (χ1v) is 6.32. The predicted molar refractivity (Wildman–Crippen MR) is 70.2 cm³/mol. The molecule has 2 amide bonds. The van der Waals surface area contributed by atoms with Crippen LogP contribution in [-0.4, -0.2) is 11.8 Å². The molecule has 1 aromatic rings. The molecule has 0 aromatic heterocycles. The molecule has 1 aliphatic rings. The van der Waals surface area contributed by atoms with Gasteiger partial charge in [-0.3, -0.25) is 9.59 Å².